The van der Waals surface area contributed by atoms with Gasteiger partial charge in [0, 0.05) is 6.92 Å². The van der Waals surface area contributed by atoms with Crippen molar-refractivity contribution in [3.63, 3.8) is 0 Å². The van der Waals surface area contributed by atoms with Crippen molar-refractivity contribution in [1.29, 1.82) is 0 Å². The molecule has 4 aliphatic carbocycles. The molecule has 228 valence electrons. The third kappa shape index (κ3) is 7.65. The van der Waals surface area contributed by atoms with E-state index in [1.807, 2.05) is 0 Å². The lowest BCUT2D eigenvalue weighted by Gasteiger charge is -2.56. The topological polar surface area (TPSA) is 72.8 Å². The van der Waals surface area contributed by atoms with Crippen LogP contribution in [-0.2, 0) is 30.0 Å². The molecule has 1 atom stereocenters. The number of aliphatic hydroxyl groups is 1. The molecule has 0 aromatic heterocycles. The molecule has 0 saturated heterocycles. The van der Waals surface area contributed by atoms with Crippen molar-refractivity contribution in [2.45, 2.75) is 84.2 Å². The minimum atomic E-state index is -3.67. The molecule has 0 heterocycles. The molecular formula is C35H39F2O5S+. The Labute approximate surface area is 255 Å². The Balaban J connectivity index is 0.000000176. The van der Waals surface area contributed by atoms with E-state index in [9.17, 15) is 23.5 Å². The fraction of sp³-hybridized carbons (Fsp3) is 0.429. The summed E-state index contributed by atoms with van der Waals surface area (Å²) in [4.78, 5) is 27.6. The van der Waals surface area contributed by atoms with Crippen LogP contribution in [0.5, 0.6) is 0 Å². The molecule has 0 radical (unpaired) electrons. The highest BCUT2D eigenvalue weighted by molar-refractivity contribution is 7.97. The summed E-state index contributed by atoms with van der Waals surface area (Å²) in [5.74, 6) is -4.66. The van der Waals surface area contributed by atoms with E-state index in [4.69, 9.17) is 4.74 Å². The number of hydrogen-bond acceptors (Lipinski definition) is 5. The number of alkyl halides is 2. The quantitative estimate of drug-likeness (QED) is 0.216. The molecule has 3 aromatic carbocycles. The second-order valence-corrected chi connectivity index (χ2v) is 14.5. The van der Waals surface area contributed by atoms with Gasteiger partial charge in [0.2, 0.25) is 0 Å². The van der Waals surface area contributed by atoms with Crippen LogP contribution >= 0.6 is 0 Å². The third-order valence-corrected chi connectivity index (χ3v) is 10.7. The summed E-state index contributed by atoms with van der Waals surface area (Å²) < 4.78 is 35.7. The monoisotopic (exact) mass is 609 g/mol. The van der Waals surface area contributed by atoms with Crippen molar-refractivity contribution >= 4 is 22.8 Å². The average Bonchev–Trinajstić information content (AvgIpc) is 2.97. The minimum Gasteiger partial charge on any atom is -0.458 e. The fourth-order valence-electron chi connectivity index (χ4n) is 6.93. The van der Waals surface area contributed by atoms with Crippen molar-refractivity contribution in [1.82, 2.24) is 0 Å². The maximum Gasteiger partial charge on any atom is 0.376 e. The second-order valence-electron chi connectivity index (χ2n) is 12.5. The van der Waals surface area contributed by atoms with Gasteiger partial charge in [-0.1, -0.05) is 54.6 Å². The maximum atomic E-state index is 12.8. The smallest absolute Gasteiger partial charge is 0.376 e. The molecule has 4 saturated carbocycles. The third-order valence-electron chi connectivity index (χ3n) is 8.51. The molecule has 5 nitrogen and oxygen atoms in total. The number of hydrogen-bond donors (Lipinski definition) is 1. The molecule has 4 fully saturated rings. The minimum absolute atomic E-state index is 0.0146. The van der Waals surface area contributed by atoms with Crippen molar-refractivity contribution in [2.24, 2.45) is 17.8 Å². The Bertz CT molecular complexity index is 1250. The summed E-state index contributed by atoms with van der Waals surface area (Å²) in [6.45, 7) is 0.676. The number of halogens is 2. The molecule has 4 bridgehead atoms. The van der Waals surface area contributed by atoms with E-state index < -0.39 is 35.7 Å². The van der Waals surface area contributed by atoms with Crippen LogP contribution in [0.1, 0.15) is 52.4 Å². The van der Waals surface area contributed by atoms with Gasteiger partial charge in [0.15, 0.2) is 20.3 Å². The molecule has 1 unspecified atom stereocenters. The molecule has 7 rings (SSSR count). The Kier molecular flexibility index (Phi) is 9.28. The number of carbonyl (C=O) groups is 2. The van der Waals surface area contributed by atoms with Crippen LogP contribution in [0.2, 0.25) is 0 Å². The van der Waals surface area contributed by atoms with Gasteiger partial charge in [0.1, 0.15) is 12.2 Å². The largest absolute Gasteiger partial charge is 0.458 e. The van der Waals surface area contributed by atoms with Crippen molar-refractivity contribution in [2.75, 3.05) is 6.61 Å². The van der Waals surface area contributed by atoms with Gasteiger partial charge in [-0.2, -0.15) is 8.78 Å². The predicted octanol–water partition coefficient (Wildman–Crippen LogP) is 7.23. The molecule has 0 spiro atoms. The Morgan fingerprint density at radius 1 is 0.744 bits per heavy atom. The van der Waals surface area contributed by atoms with Crippen molar-refractivity contribution in [3.05, 3.63) is 91.0 Å². The first-order chi connectivity index (χ1) is 20.4. The van der Waals surface area contributed by atoms with Gasteiger partial charge in [-0.3, -0.25) is 0 Å². The second kappa shape index (κ2) is 12.8. The summed E-state index contributed by atoms with van der Waals surface area (Å²) in [7, 11) is -0.0146. The van der Waals surface area contributed by atoms with Crippen molar-refractivity contribution in [3.8, 4) is 0 Å². The van der Waals surface area contributed by atoms with E-state index in [0.717, 1.165) is 26.2 Å². The molecule has 3 aromatic rings. The van der Waals surface area contributed by atoms with Crippen LogP contribution in [0.25, 0.3) is 0 Å². The molecule has 0 aliphatic heterocycles. The predicted molar refractivity (Wildman–Crippen MR) is 161 cm³/mol. The zero-order valence-corrected chi connectivity index (χ0v) is 25.4. The van der Waals surface area contributed by atoms with E-state index in [0.29, 0.717) is 24.7 Å². The van der Waals surface area contributed by atoms with Gasteiger partial charge in [-0.05, 0) is 99.6 Å². The zero-order valence-electron chi connectivity index (χ0n) is 24.6. The molecular weight excluding hydrogens is 570 g/mol. The standard InChI is InChI=1S/C18H15S.C17H24F2O5/c1-4-10-16(11-5-1)19(17-12-6-2-7-13-17)18-14-8-3-9-15-18;1-15(22,9-23-14(21)16(2,18)19)13(20)24-17-6-10-3-11(7-17)5-12(4-10)8-17/h1-15H;10-12,22H,3-9H2,1-2H3/q+1;. The van der Waals surface area contributed by atoms with Gasteiger partial charge < -0.3 is 14.6 Å². The summed E-state index contributed by atoms with van der Waals surface area (Å²) >= 11 is 0. The van der Waals surface area contributed by atoms with Gasteiger partial charge in [-0.25, -0.2) is 9.59 Å². The molecule has 43 heavy (non-hydrogen) atoms. The van der Waals surface area contributed by atoms with Crippen molar-refractivity contribution < 1.29 is 33.0 Å². The van der Waals surface area contributed by atoms with E-state index in [1.54, 1.807) is 0 Å². The van der Waals surface area contributed by atoms with Gasteiger partial charge in [-0.15, -0.1) is 0 Å². The number of ether oxygens (including phenoxy) is 2. The Morgan fingerprint density at radius 2 is 1.12 bits per heavy atom. The average molecular weight is 610 g/mol. The highest BCUT2D eigenvalue weighted by Gasteiger charge is 2.54. The number of rotatable bonds is 8. The van der Waals surface area contributed by atoms with Gasteiger partial charge >= 0.3 is 17.9 Å². The molecule has 8 heteroatoms. The number of carbonyl (C=O) groups excluding carboxylic acids is 2. The highest BCUT2D eigenvalue weighted by Crippen LogP contribution is 2.57. The first-order valence-corrected chi connectivity index (χ1v) is 16.1. The van der Waals surface area contributed by atoms with E-state index in [1.165, 1.54) is 33.9 Å². The first kappa shape index (κ1) is 31.2. The van der Waals surface area contributed by atoms with Crippen LogP contribution in [0.4, 0.5) is 8.78 Å². The maximum absolute atomic E-state index is 12.8. The lowest BCUT2D eigenvalue weighted by molar-refractivity contribution is -0.209. The van der Waals surface area contributed by atoms with Crippen LogP contribution in [0, 0.1) is 17.8 Å². The van der Waals surface area contributed by atoms with Crippen LogP contribution in [-0.4, -0.2) is 40.8 Å². The SMILES string of the molecule is CC(F)(F)C(=O)OCC(C)(O)C(=O)OC12CC3CC(CC(C3)C1)C2.c1ccc([S+](c2ccccc2)c2ccccc2)cc1. The zero-order chi connectivity index (χ0) is 30.7. The highest BCUT2D eigenvalue weighted by atomic mass is 32.2. The normalized spacial score (nSPS) is 25.3. The summed E-state index contributed by atoms with van der Waals surface area (Å²) in [6, 6.07) is 32.2. The Morgan fingerprint density at radius 3 is 1.47 bits per heavy atom. The Hall–Kier alpha value is -3.23. The molecule has 1 N–H and O–H groups in total. The van der Waals surface area contributed by atoms with Crippen LogP contribution in [0.3, 0.4) is 0 Å². The molecule has 0 amide bonds. The number of benzene rings is 3. The van der Waals surface area contributed by atoms with E-state index in [-0.39, 0.29) is 10.9 Å². The molecule has 4 aliphatic rings. The summed E-state index contributed by atoms with van der Waals surface area (Å²) in [5.41, 5.74) is -2.68. The number of esters is 2. The summed E-state index contributed by atoms with van der Waals surface area (Å²) in [6.07, 6.45) is 5.93. The van der Waals surface area contributed by atoms with E-state index >= 15 is 0 Å². The van der Waals surface area contributed by atoms with Gasteiger partial charge in [0.05, 0.1) is 10.9 Å². The first-order valence-electron chi connectivity index (χ1n) is 14.8. The van der Waals surface area contributed by atoms with Gasteiger partial charge in [0.25, 0.3) is 0 Å². The lowest BCUT2D eigenvalue weighted by Crippen LogP contribution is -2.55. The lowest BCUT2D eigenvalue weighted by atomic mass is 9.54. The summed E-state index contributed by atoms with van der Waals surface area (Å²) in [5, 5.41) is 10.2. The van der Waals surface area contributed by atoms with Crippen LogP contribution in [0.15, 0.2) is 106 Å². The van der Waals surface area contributed by atoms with E-state index in [2.05, 4.69) is 95.7 Å². The fourth-order valence-corrected chi connectivity index (χ4v) is 9.04. The van der Waals surface area contributed by atoms with Crippen LogP contribution < -0.4 is 0 Å².